The normalized spacial score (nSPS) is 27.5. The zero-order valence-electron chi connectivity index (χ0n) is 10.1. The Bertz CT molecular complexity index is 495. The van der Waals surface area contributed by atoms with Gasteiger partial charge >= 0.3 is 0 Å². The quantitative estimate of drug-likeness (QED) is 0.757. The second kappa shape index (κ2) is 3.23. The number of nitrogens with one attached hydrogen (secondary N) is 1. The van der Waals surface area contributed by atoms with Gasteiger partial charge in [0, 0.05) is 18.2 Å². The number of carbonyl (C=O) groups is 1. The molecule has 1 fully saturated rings. The molecular weight excluding hydrogens is 218 g/mol. The SMILES string of the molecule is CC(=O)Nc1ccc2c(c1)[C@@H]1O[C@H]1C(C)(C)O2. The largest absolute Gasteiger partial charge is 0.485 e. The molecule has 17 heavy (non-hydrogen) atoms. The maximum atomic E-state index is 11.0. The summed E-state index contributed by atoms with van der Waals surface area (Å²) in [4.78, 5) is 11.0. The van der Waals surface area contributed by atoms with Crippen molar-refractivity contribution in [2.24, 2.45) is 0 Å². The Balaban J connectivity index is 1.95. The van der Waals surface area contributed by atoms with Crippen molar-refractivity contribution < 1.29 is 14.3 Å². The van der Waals surface area contributed by atoms with Crippen LogP contribution in [0.1, 0.15) is 32.4 Å². The van der Waals surface area contributed by atoms with Crippen LogP contribution in [0.5, 0.6) is 5.75 Å². The number of rotatable bonds is 1. The van der Waals surface area contributed by atoms with Crippen LogP contribution in [0.15, 0.2) is 18.2 Å². The lowest BCUT2D eigenvalue weighted by Crippen LogP contribution is -2.37. The van der Waals surface area contributed by atoms with Crippen molar-refractivity contribution in [2.45, 2.75) is 38.6 Å². The van der Waals surface area contributed by atoms with Crippen LogP contribution in [-0.4, -0.2) is 17.6 Å². The van der Waals surface area contributed by atoms with Crippen molar-refractivity contribution >= 4 is 11.6 Å². The Morgan fingerprint density at radius 1 is 1.41 bits per heavy atom. The summed E-state index contributed by atoms with van der Waals surface area (Å²) in [7, 11) is 0. The van der Waals surface area contributed by atoms with E-state index in [1.165, 1.54) is 6.92 Å². The van der Waals surface area contributed by atoms with E-state index in [2.05, 4.69) is 5.32 Å². The standard InChI is InChI=1S/C13H15NO3/c1-7(15)14-8-4-5-10-9(6-8)11-12(16-11)13(2,3)17-10/h4-6,11-12H,1-3H3,(H,14,15)/t11-,12+/m0/s1. The maximum absolute atomic E-state index is 11.0. The first-order valence-corrected chi connectivity index (χ1v) is 5.73. The van der Waals surface area contributed by atoms with Crippen molar-refractivity contribution in [3.63, 3.8) is 0 Å². The number of anilines is 1. The van der Waals surface area contributed by atoms with Crippen LogP contribution >= 0.6 is 0 Å². The molecule has 0 bridgehead atoms. The van der Waals surface area contributed by atoms with Crippen LogP contribution in [0, 0.1) is 0 Å². The van der Waals surface area contributed by atoms with Crippen LogP contribution in [0.2, 0.25) is 0 Å². The molecule has 2 aliphatic rings. The molecule has 4 heteroatoms. The Kier molecular flexibility index (Phi) is 2.01. The van der Waals surface area contributed by atoms with Gasteiger partial charge in [-0.3, -0.25) is 4.79 Å². The van der Waals surface area contributed by atoms with Crippen LogP contribution < -0.4 is 10.1 Å². The molecule has 3 rings (SSSR count). The van der Waals surface area contributed by atoms with E-state index in [1.807, 2.05) is 32.0 Å². The molecule has 0 aliphatic carbocycles. The van der Waals surface area contributed by atoms with E-state index >= 15 is 0 Å². The van der Waals surface area contributed by atoms with E-state index < -0.39 is 0 Å². The highest BCUT2D eigenvalue weighted by Crippen LogP contribution is 2.54. The highest BCUT2D eigenvalue weighted by atomic mass is 16.6. The number of fused-ring (bicyclic) bond motifs is 3. The molecule has 1 saturated heterocycles. The molecule has 1 aromatic carbocycles. The van der Waals surface area contributed by atoms with Gasteiger partial charge in [-0.25, -0.2) is 0 Å². The van der Waals surface area contributed by atoms with Crippen LogP contribution in [-0.2, 0) is 9.53 Å². The van der Waals surface area contributed by atoms with Gasteiger partial charge in [0.2, 0.25) is 5.91 Å². The average molecular weight is 233 g/mol. The molecule has 2 aliphatic heterocycles. The van der Waals surface area contributed by atoms with E-state index in [9.17, 15) is 4.79 Å². The minimum absolute atomic E-state index is 0.0738. The fraction of sp³-hybridized carbons (Fsp3) is 0.462. The molecule has 2 atom stereocenters. The molecular formula is C13H15NO3. The highest BCUT2D eigenvalue weighted by molar-refractivity contribution is 5.88. The first-order chi connectivity index (χ1) is 7.97. The van der Waals surface area contributed by atoms with Gasteiger partial charge in [-0.2, -0.15) is 0 Å². The Morgan fingerprint density at radius 3 is 2.88 bits per heavy atom. The lowest BCUT2D eigenvalue weighted by molar-refractivity contribution is -0.114. The summed E-state index contributed by atoms with van der Waals surface area (Å²) in [6.07, 6.45) is 0.241. The summed E-state index contributed by atoms with van der Waals surface area (Å²) in [5, 5.41) is 2.76. The van der Waals surface area contributed by atoms with Gasteiger partial charge in [0.25, 0.3) is 0 Å². The van der Waals surface area contributed by atoms with Gasteiger partial charge in [-0.1, -0.05) is 0 Å². The van der Waals surface area contributed by atoms with Crippen molar-refractivity contribution in [1.29, 1.82) is 0 Å². The molecule has 2 heterocycles. The fourth-order valence-corrected chi connectivity index (χ4v) is 2.36. The van der Waals surface area contributed by atoms with E-state index in [-0.39, 0.29) is 23.7 Å². The third-order valence-corrected chi connectivity index (χ3v) is 3.19. The predicted molar refractivity (Wildman–Crippen MR) is 63.1 cm³/mol. The summed E-state index contributed by atoms with van der Waals surface area (Å²) in [5.41, 5.74) is 1.54. The van der Waals surface area contributed by atoms with Gasteiger partial charge < -0.3 is 14.8 Å². The second-order valence-corrected chi connectivity index (χ2v) is 5.12. The molecule has 0 spiro atoms. The zero-order valence-corrected chi connectivity index (χ0v) is 10.1. The van der Waals surface area contributed by atoms with E-state index in [1.54, 1.807) is 0 Å². The zero-order chi connectivity index (χ0) is 12.2. The molecule has 90 valence electrons. The third-order valence-electron chi connectivity index (χ3n) is 3.19. The van der Waals surface area contributed by atoms with Gasteiger partial charge in [0.1, 0.15) is 23.6 Å². The number of ether oxygens (including phenoxy) is 2. The van der Waals surface area contributed by atoms with E-state index in [4.69, 9.17) is 9.47 Å². The number of benzene rings is 1. The van der Waals surface area contributed by atoms with Gasteiger partial charge in [-0.05, 0) is 32.0 Å². The minimum Gasteiger partial charge on any atom is -0.485 e. The Hall–Kier alpha value is -1.55. The summed E-state index contributed by atoms with van der Waals surface area (Å²) in [6.45, 7) is 5.56. The van der Waals surface area contributed by atoms with Crippen LogP contribution in [0.25, 0.3) is 0 Å². The third kappa shape index (κ3) is 1.69. The number of amides is 1. The molecule has 0 saturated carbocycles. The number of hydrogen-bond acceptors (Lipinski definition) is 3. The van der Waals surface area contributed by atoms with Crippen molar-refractivity contribution in [3.05, 3.63) is 23.8 Å². The molecule has 1 N–H and O–H groups in total. The first-order valence-electron chi connectivity index (χ1n) is 5.73. The van der Waals surface area contributed by atoms with Gasteiger partial charge in [-0.15, -0.1) is 0 Å². The smallest absolute Gasteiger partial charge is 0.221 e. The maximum Gasteiger partial charge on any atom is 0.221 e. The molecule has 0 aromatic heterocycles. The minimum atomic E-state index is -0.271. The Labute approximate surface area is 99.9 Å². The monoisotopic (exact) mass is 233 g/mol. The summed E-state index contributed by atoms with van der Waals surface area (Å²) in [6, 6.07) is 5.66. The first kappa shape index (κ1) is 10.6. The predicted octanol–water partition coefficient (Wildman–Crippen LogP) is 2.26. The molecule has 0 radical (unpaired) electrons. The fourth-order valence-electron chi connectivity index (χ4n) is 2.36. The second-order valence-electron chi connectivity index (χ2n) is 5.12. The van der Waals surface area contributed by atoms with Crippen LogP contribution in [0.4, 0.5) is 5.69 Å². The lowest BCUT2D eigenvalue weighted by Gasteiger charge is -2.29. The van der Waals surface area contributed by atoms with Crippen LogP contribution in [0.3, 0.4) is 0 Å². The van der Waals surface area contributed by atoms with E-state index in [0.717, 1.165) is 17.0 Å². The highest BCUT2D eigenvalue weighted by Gasteiger charge is 2.56. The summed E-state index contributed by atoms with van der Waals surface area (Å²) in [5.74, 6) is 0.776. The molecule has 0 unspecified atom stereocenters. The van der Waals surface area contributed by atoms with Gasteiger partial charge in [0.05, 0.1) is 0 Å². The number of carbonyl (C=O) groups excluding carboxylic acids is 1. The lowest BCUT2D eigenvalue weighted by atomic mass is 9.94. The van der Waals surface area contributed by atoms with E-state index in [0.29, 0.717) is 0 Å². The summed E-state index contributed by atoms with van der Waals surface area (Å²) < 4.78 is 11.5. The summed E-state index contributed by atoms with van der Waals surface area (Å²) >= 11 is 0. The molecule has 1 aromatic rings. The van der Waals surface area contributed by atoms with Crippen molar-refractivity contribution in [1.82, 2.24) is 0 Å². The van der Waals surface area contributed by atoms with Gasteiger partial charge in [0.15, 0.2) is 0 Å². The Morgan fingerprint density at radius 2 is 2.18 bits per heavy atom. The molecule has 4 nitrogen and oxygen atoms in total. The average Bonchev–Trinajstić information content (AvgIpc) is 2.98. The molecule has 1 amide bonds. The van der Waals surface area contributed by atoms with Crippen molar-refractivity contribution in [2.75, 3.05) is 5.32 Å². The number of epoxide rings is 1. The number of hydrogen-bond donors (Lipinski definition) is 1. The van der Waals surface area contributed by atoms with Crippen molar-refractivity contribution in [3.8, 4) is 5.75 Å². The topological polar surface area (TPSA) is 50.9 Å².